The van der Waals surface area contributed by atoms with E-state index in [4.69, 9.17) is 10.00 Å². The van der Waals surface area contributed by atoms with Crippen molar-refractivity contribution < 1.29 is 4.74 Å². The van der Waals surface area contributed by atoms with Gasteiger partial charge in [0.05, 0.1) is 18.4 Å². The van der Waals surface area contributed by atoms with Crippen LogP contribution in [0.1, 0.15) is 11.1 Å². The number of nitriles is 1. The fourth-order valence-electron chi connectivity index (χ4n) is 1.48. The zero-order chi connectivity index (χ0) is 12.1. The van der Waals surface area contributed by atoms with E-state index < -0.39 is 0 Å². The summed E-state index contributed by atoms with van der Waals surface area (Å²) in [6, 6.07) is 9.60. The van der Waals surface area contributed by atoms with E-state index >= 15 is 0 Å². The van der Waals surface area contributed by atoms with Crippen LogP contribution in [0.2, 0.25) is 0 Å². The molecule has 0 aliphatic carbocycles. The first-order valence-corrected chi connectivity index (χ1v) is 6.11. The molecule has 17 heavy (non-hydrogen) atoms. The molecule has 1 aromatic carbocycles. The SMILES string of the molecule is COc1ccc(C#N)c(NCc2ccsc2)c1. The van der Waals surface area contributed by atoms with Crippen LogP contribution in [0.3, 0.4) is 0 Å². The van der Waals surface area contributed by atoms with Crippen molar-refractivity contribution in [2.45, 2.75) is 6.54 Å². The minimum Gasteiger partial charge on any atom is -0.497 e. The van der Waals surface area contributed by atoms with Crippen molar-refractivity contribution in [3.63, 3.8) is 0 Å². The van der Waals surface area contributed by atoms with Crippen LogP contribution in [-0.2, 0) is 6.54 Å². The summed E-state index contributed by atoms with van der Waals surface area (Å²) in [6.45, 7) is 0.714. The van der Waals surface area contributed by atoms with Crippen LogP contribution in [0.5, 0.6) is 5.75 Å². The van der Waals surface area contributed by atoms with Crippen molar-refractivity contribution in [3.8, 4) is 11.8 Å². The predicted octanol–water partition coefficient (Wildman–Crippen LogP) is 3.24. The van der Waals surface area contributed by atoms with E-state index in [1.807, 2.05) is 11.4 Å². The smallest absolute Gasteiger partial charge is 0.121 e. The minimum atomic E-state index is 0.626. The van der Waals surface area contributed by atoms with Gasteiger partial charge in [0, 0.05) is 12.6 Å². The van der Waals surface area contributed by atoms with E-state index in [1.165, 1.54) is 5.56 Å². The molecule has 0 saturated heterocycles. The largest absolute Gasteiger partial charge is 0.497 e. The van der Waals surface area contributed by atoms with E-state index in [2.05, 4.69) is 22.8 Å². The highest BCUT2D eigenvalue weighted by Gasteiger charge is 2.03. The van der Waals surface area contributed by atoms with Gasteiger partial charge in [-0.1, -0.05) is 0 Å². The van der Waals surface area contributed by atoms with Gasteiger partial charge in [0.2, 0.25) is 0 Å². The van der Waals surface area contributed by atoms with Crippen LogP contribution >= 0.6 is 11.3 Å². The molecule has 0 amide bonds. The Hall–Kier alpha value is -1.99. The van der Waals surface area contributed by atoms with Crippen molar-refractivity contribution in [1.29, 1.82) is 5.26 Å². The average molecular weight is 244 g/mol. The molecular formula is C13H12N2OS. The van der Waals surface area contributed by atoms with Crippen molar-refractivity contribution in [2.75, 3.05) is 12.4 Å². The number of thiophene rings is 1. The lowest BCUT2D eigenvalue weighted by Gasteiger charge is -2.09. The summed E-state index contributed by atoms with van der Waals surface area (Å²) in [6.07, 6.45) is 0. The minimum absolute atomic E-state index is 0.626. The zero-order valence-corrected chi connectivity index (χ0v) is 10.3. The number of nitrogens with zero attached hydrogens (tertiary/aromatic N) is 1. The molecule has 1 aromatic heterocycles. The van der Waals surface area contributed by atoms with E-state index in [0.29, 0.717) is 12.1 Å². The summed E-state index contributed by atoms with van der Waals surface area (Å²) < 4.78 is 5.14. The first kappa shape index (κ1) is 11.5. The van der Waals surface area contributed by atoms with Gasteiger partial charge in [-0.25, -0.2) is 0 Å². The fraction of sp³-hybridized carbons (Fsp3) is 0.154. The molecule has 1 N–H and O–H groups in total. The van der Waals surface area contributed by atoms with Gasteiger partial charge in [-0.2, -0.15) is 16.6 Å². The monoisotopic (exact) mass is 244 g/mol. The Labute approximate surface area is 104 Å². The van der Waals surface area contributed by atoms with Crippen molar-refractivity contribution in [3.05, 3.63) is 46.2 Å². The lowest BCUT2D eigenvalue weighted by Crippen LogP contribution is -2.00. The first-order chi connectivity index (χ1) is 8.33. The summed E-state index contributed by atoms with van der Waals surface area (Å²) in [5.41, 5.74) is 2.64. The Balaban J connectivity index is 2.16. The number of ether oxygens (including phenoxy) is 1. The molecule has 0 aliphatic heterocycles. The number of anilines is 1. The molecule has 3 nitrogen and oxygen atoms in total. The Kier molecular flexibility index (Phi) is 3.63. The molecule has 4 heteroatoms. The number of hydrogen-bond acceptors (Lipinski definition) is 4. The molecule has 0 unspecified atom stereocenters. The Morgan fingerprint density at radius 3 is 2.94 bits per heavy atom. The molecule has 0 saturated carbocycles. The van der Waals surface area contributed by atoms with Gasteiger partial charge in [-0.05, 0) is 34.5 Å². The third-order valence-corrected chi connectivity index (χ3v) is 3.14. The summed E-state index contributed by atoms with van der Waals surface area (Å²) in [7, 11) is 1.62. The van der Waals surface area contributed by atoms with E-state index in [-0.39, 0.29) is 0 Å². The molecule has 0 radical (unpaired) electrons. The lowest BCUT2D eigenvalue weighted by atomic mass is 10.2. The summed E-state index contributed by atoms with van der Waals surface area (Å²) in [4.78, 5) is 0. The van der Waals surface area contributed by atoms with Gasteiger partial charge in [0.25, 0.3) is 0 Å². The quantitative estimate of drug-likeness (QED) is 0.898. The summed E-state index contributed by atoms with van der Waals surface area (Å²) in [5, 5.41) is 16.4. The highest BCUT2D eigenvalue weighted by Crippen LogP contribution is 2.22. The number of hydrogen-bond donors (Lipinski definition) is 1. The molecule has 0 bridgehead atoms. The molecule has 2 rings (SSSR count). The molecular weight excluding hydrogens is 232 g/mol. The third kappa shape index (κ3) is 2.77. The normalized spacial score (nSPS) is 9.65. The third-order valence-electron chi connectivity index (χ3n) is 2.41. The summed E-state index contributed by atoms with van der Waals surface area (Å²) in [5.74, 6) is 0.747. The first-order valence-electron chi connectivity index (χ1n) is 5.16. The zero-order valence-electron chi connectivity index (χ0n) is 9.43. The van der Waals surface area contributed by atoms with Crippen LogP contribution in [0, 0.1) is 11.3 Å². The van der Waals surface area contributed by atoms with E-state index in [9.17, 15) is 0 Å². The van der Waals surface area contributed by atoms with Crippen LogP contribution in [0.15, 0.2) is 35.0 Å². The Morgan fingerprint density at radius 1 is 1.41 bits per heavy atom. The molecule has 86 valence electrons. The molecule has 0 spiro atoms. The van der Waals surface area contributed by atoms with Crippen molar-refractivity contribution >= 4 is 17.0 Å². The second kappa shape index (κ2) is 5.37. The highest BCUT2D eigenvalue weighted by molar-refractivity contribution is 7.07. The number of nitrogens with one attached hydrogen (secondary N) is 1. The number of benzene rings is 1. The van der Waals surface area contributed by atoms with Crippen LogP contribution < -0.4 is 10.1 Å². The molecule has 1 heterocycles. The second-order valence-electron chi connectivity index (χ2n) is 3.51. The van der Waals surface area contributed by atoms with Crippen LogP contribution in [-0.4, -0.2) is 7.11 Å². The van der Waals surface area contributed by atoms with Gasteiger partial charge >= 0.3 is 0 Å². The van der Waals surface area contributed by atoms with Crippen LogP contribution in [0.25, 0.3) is 0 Å². The average Bonchev–Trinajstić information content (AvgIpc) is 2.89. The van der Waals surface area contributed by atoms with Crippen molar-refractivity contribution in [2.24, 2.45) is 0 Å². The van der Waals surface area contributed by atoms with Crippen LogP contribution in [0.4, 0.5) is 5.69 Å². The van der Waals surface area contributed by atoms with Crippen molar-refractivity contribution in [1.82, 2.24) is 0 Å². The van der Waals surface area contributed by atoms with Gasteiger partial charge in [-0.15, -0.1) is 0 Å². The standard InChI is InChI=1S/C13H12N2OS/c1-16-12-3-2-11(7-14)13(6-12)15-8-10-4-5-17-9-10/h2-6,9,15H,8H2,1H3. The number of methoxy groups -OCH3 is 1. The Bertz CT molecular complexity index is 529. The van der Waals surface area contributed by atoms with Gasteiger partial charge < -0.3 is 10.1 Å². The maximum Gasteiger partial charge on any atom is 0.121 e. The van der Waals surface area contributed by atoms with Gasteiger partial charge in [0.15, 0.2) is 0 Å². The topological polar surface area (TPSA) is 45.0 Å². The molecule has 0 atom stereocenters. The lowest BCUT2D eigenvalue weighted by molar-refractivity contribution is 0.415. The molecule has 0 fully saturated rings. The van der Waals surface area contributed by atoms with E-state index in [1.54, 1.807) is 30.6 Å². The number of rotatable bonds is 4. The van der Waals surface area contributed by atoms with Gasteiger partial charge in [-0.3, -0.25) is 0 Å². The maximum atomic E-state index is 9.01. The second-order valence-corrected chi connectivity index (χ2v) is 4.29. The predicted molar refractivity (Wildman–Crippen MR) is 69.4 cm³/mol. The summed E-state index contributed by atoms with van der Waals surface area (Å²) >= 11 is 1.66. The Morgan fingerprint density at radius 2 is 2.29 bits per heavy atom. The molecule has 0 aliphatic rings. The maximum absolute atomic E-state index is 9.01. The van der Waals surface area contributed by atoms with Gasteiger partial charge in [0.1, 0.15) is 11.8 Å². The fourth-order valence-corrected chi connectivity index (χ4v) is 2.15. The van der Waals surface area contributed by atoms with E-state index in [0.717, 1.165) is 11.4 Å². The molecule has 2 aromatic rings. The highest BCUT2D eigenvalue weighted by atomic mass is 32.1.